The molecule has 2 rings (SSSR count). The van der Waals surface area contributed by atoms with Crippen LogP contribution in [0.4, 0.5) is 17.1 Å². The van der Waals surface area contributed by atoms with Crippen molar-refractivity contribution in [3.63, 3.8) is 0 Å². The van der Waals surface area contributed by atoms with Crippen molar-refractivity contribution in [2.24, 2.45) is 0 Å². The molecule has 0 aliphatic rings. The number of halogens is 1. The highest BCUT2D eigenvalue weighted by Crippen LogP contribution is 2.23. The van der Waals surface area contributed by atoms with Crippen molar-refractivity contribution < 1.29 is 18.0 Å². The van der Waals surface area contributed by atoms with Crippen molar-refractivity contribution >= 4 is 61.5 Å². The summed E-state index contributed by atoms with van der Waals surface area (Å²) in [5.41, 5.74) is 1.18. The van der Waals surface area contributed by atoms with E-state index < -0.39 is 15.9 Å². The van der Waals surface area contributed by atoms with Crippen molar-refractivity contribution in [2.45, 2.75) is 6.92 Å². The number of sulfonamides is 1. The monoisotopic (exact) mass is 473 g/mol. The predicted octanol–water partition coefficient (Wildman–Crippen LogP) is 2.87. The van der Waals surface area contributed by atoms with Gasteiger partial charge in [-0.2, -0.15) is 0 Å². The maximum Gasteiger partial charge on any atom is 0.257 e. The number of nitrogens with one attached hydrogen (secondary N) is 3. The van der Waals surface area contributed by atoms with E-state index in [1.807, 2.05) is 12.1 Å². The lowest BCUT2D eigenvalue weighted by Gasteiger charge is -2.13. The summed E-state index contributed by atoms with van der Waals surface area (Å²) in [5.74, 6) is -0.799. The zero-order valence-electron chi connectivity index (χ0n) is 13.5. The number of hydrogen-bond acceptors (Lipinski definition) is 4. The van der Waals surface area contributed by atoms with Gasteiger partial charge >= 0.3 is 0 Å². The molecule has 2 amide bonds. The molecule has 0 atom stereocenters. The molecule has 0 fully saturated rings. The van der Waals surface area contributed by atoms with Crippen molar-refractivity contribution in [3.8, 4) is 0 Å². The predicted molar refractivity (Wildman–Crippen MR) is 106 cm³/mol. The van der Waals surface area contributed by atoms with Crippen molar-refractivity contribution in [2.75, 3.05) is 21.6 Å². The van der Waals surface area contributed by atoms with Gasteiger partial charge in [0.1, 0.15) is 0 Å². The van der Waals surface area contributed by atoms with Gasteiger partial charge < -0.3 is 10.6 Å². The molecule has 0 aromatic heterocycles. The number of amides is 2. The Labute approximate surface area is 159 Å². The molecular weight excluding hydrogens is 457 g/mol. The number of benzene rings is 2. The topological polar surface area (TPSA) is 104 Å². The second-order valence-electron chi connectivity index (χ2n) is 5.28. The fraction of sp³-hybridized carbons (Fsp3) is 0.125. The summed E-state index contributed by atoms with van der Waals surface area (Å²) in [6, 6.07) is 11.5. The Bertz CT molecular complexity index is 911. The van der Waals surface area contributed by atoms with E-state index in [0.717, 1.165) is 9.83 Å². The minimum Gasteiger partial charge on any atom is -0.326 e. The standard InChI is InChI=1S/C16H16IN3O4S/c1-10(21)18-13-7-8-15(20-25(2,23)24)14(9-13)16(22)19-12-5-3-11(17)4-6-12/h3-9,20H,1-2H3,(H,18,21)(H,19,22). The molecule has 0 aliphatic carbocycles. The Morgan fingerprint density at radius 1 is 0.960 bits per heavy atom. The largest absolute Gasteiger partial charge is 0.326 e. The molecule has 25 heavy (non-hydrogen) atoms. The van der Waals surface area contributed by atoms with Gasteiger partial charge in [-0.15, -0.1) is 0 Å². The van der Waals surface area contributed by atoms with E-state index in [1.54, 1.807) is 12.1 Å². The third kappa shape index (κ3) is 6.02. The molecule has 0 heterocycles. The molecule has 9 heteroatoms. The van der Waals surface area contributed by atoms with Gasteiger partial charge in [-0.3, -0.25) is 14.3 Å². The highest BCUT2D eigenvalue weighted by atomic mass is 127. The fourth-order valence-electron chi connectivity index (χ4n) is 2.03. The van der Waals surface area contributed by atoms with Gasteiger partial charge in [0.15, 0.2) is 0 Å². The van der Waals surface area contributed by atoms with Gasteiger partial charge in [0.25, 0.3) is 5.91 Å². The average Bonchev–Trinajstić information content (AvgIpc) is 2.49. The minimum absolute atomic E-state index is 0.0928. The normalized spacial score (nSPS) is 10.8. The second kappa shape index (κ2) is 7.83. The average molecular weight is 473 g/mol. The van der Waals surface area contributed by atoms with Gasteiger partial charge in [0.2, 0.25) is 15.9 Å². The molecule has 0 saturated carbocycles. The van der Waals surface area contributed by atoms with Crippen molar-refractivity contribution in [1.29, 1.82) is 0 Å². The van der Waals surface area contributed by atoms with Crippen molar-refractivity contribution in [1.82, 2.24) is 0 Å². The van der Waals surface area contributed by atoms with Gasteiger partial charge in [0.05, 0.1) is 17.5 Å². The molecule has 132 valence electrons. The molecule has 0 spiro atoms. The Balaban J connectivity index is 2.37. The lowest BCUT2D eigenvalue weighted by Crippen LogP contribution is -2.18. The number of carbonyl (C=O) groups is 2. The van der Waals surface area contributed by atoms with E-state index in [1.165, 1.54) is 25.1 Å². The molecule has 2 aromatic rings. The maximum atomic E-state index is 12.6. The molecule has 0 radical (unpaired) electrons. The van der Waals surface area contributed by atoms with E-state index in [2.05, 4.69) is 37.9 Å². The maximum absolute atomic E-state index is 12.6. The van der Waals surface area contributed by atoms with Crippen LogP contribution in [-0.4, -0.2) is 26.5 Å². The van der Waals surface area contributed by atoms with E-state index in [0.29, 0.717) is 11.4 Å². The zero-order valence-corrected chi connectivity index (χ0v) is 16.4. The fourth-order valence-corrected chi connectivity index (χ4v) is 2.97. The van der Waals surface area contributed by atoms with E-state index in [-0.39, 0.29) is 17.2 Å². The van der Waals surface area contributed by atoms with Gasteiger partial charge in [-0.05, 0) is 65.1 Å². The Hall–Kier alpha value is -2.14. The molecular formula is C16H16IN3O4S. The Kier molecular flexibility index (Phi) is 6.01. The van der Waals surface area contributed by atoms with Crippen LogP contribution in [0, 0.1) is 3.57 Å². The molecule has 2 aromatic carbocycles. The Morgan fingerprint density at radius 3 is 2.12 bits per heavy atom. The van der Waals surface area contributed by atoms with Crippen LogP contribution in [0.15, 0.2) is 42.5 Å². The molecule has 0 aliphatic heterocycles. The third-order valence-corrected chi connectivity index (χ3v) is 4.29. The lowest BCUT2D eigenvalue weighted by atomic mass is 10.1. The second-order valence-corrected chi connectivity index (χ2v) is 8.27. The Morgan fingerprint density at radius 2 is 1.56 bits per heavy atom. The first-order valence-electron chi connectivity index (χ1n) is 7.10. The molecule has 3 N–H and O–H groups in total. The van der Waals surface area contributed by atoms with E-state index >= 15 is 0 Å². The smallest absolute Gasteiger partial charge is 0.257 e. The molecule has 0 unspecified atom stereocenters. The quantitative estimate of drug-likeness (QED) is 0.581. The van der Waals surface area contributed by atoms with Crippen LogP contribution in [0.2, 0.25) is 0 Å². The van der Waals surface area contributed by atoms with Crippen LogP contribution < -0.4 is 15.4 Å². The van der Waals surface area contributed by atoms with Gasteiger partial charge in [-0.25, -0.2) is 8.42 Å². The third-order valence-electron chi connectivity index (χ3n) is 2.98. The summed E-state index contributed by atoms with van der Waals surface area (Å²) in [6.07, 6.45) is 0.996. The lowest BCUT2D eigenvalue weighted by molar-refractivity contribution is -0.114. The van der Waals surface area contributed by atoms with Gasteiger partial charge in [-0.1, -0.05) is 0 Å². The SMILES string of the molecule is CC(=O)Nc1ccc(NS(C)(=O)=O)c(C(=O)Nc2ccc(I)cc2)c1. The van der Waals surface area contributed by atoms with Gasteiger partial charge in [0, 0.05) is 21.9 Å². The highest BCUT2D eigenvalue weighted by Gasteiger charge is 2.16. The molecule has 7 nitrogen and oxygen atoms in total. The van der Waals surface area contributed by atoms with Crippen LogP contribution in [0.1, 0.15) is 17.3 Å². The first-order valence-corrected chi connectivity index (χ1v) is 10.1. The summed E-state index contributed by atoms with van der Waals surface area (Å²) >= 11 is 2.15. The van der Waals surface area contributed by atoms with Crippen LogP contribution >= 0.6 is 22.6 Å². The van der Waals surface area contributed by atoms with Crippen LogP contribution in [0.25, 0.3) is 0 Å². The first-order chi connectivity index (χ1) is 11.6. The van der Waals surface area contributed by atoms with Crippen LogP contribution in [0.5, 0.6) is 0 Å². The zero-order chi connectivity index (χ0) is 18.6. The van der Waals surface area contributed by atoms with Crippen LogP contribution in [0.3, 0.4) is 0 Å². The summed E-state index contributed by atoms with van der Waals surface area (Å²) in [5, 5.41) is 5.27. The summed E-state index contributed by atoms with van der Waals surface area (Å²) < 4.78 is 26.4. The first kappa shape index (κ1) is 19.2. The summed E-state index contributed by atoms with van der Waals surface area (Å²) in [7, 11) is -3.57. The number of hydrogen-bond donors (Lipinski definition) is 3. The summed E-state index contributed by atoms with van der Waals surface area (Å²) in [4.78, 5) is 23.8. The molecule has 0 saturated heterocycles. The van der Waals surface area contributed by atoms with E-state index in [9.17, 15) is 18.0 Å². The highest BCUT2D eigenvalue weighted by molar-refractivity contribution is 14.1. The van der Waals surface area contributed by atoms with Crippen molar-refractivity contribution in [3.05, 3.63) is 51.6 Å². The summed E-state index contributed by atoms with van der Waals surface area (Å²) in [6.45, 7) is 1.34. The number of rotatable bonds is 5. The number of anilines is 3. The number of carbonyl (C=O) groups excluding carboxylic acids is 2. The minimum atomic E-state index is -3.57. The van der Waals surface area contributed by atoms with E-state index in [4.69, 9.17) is 0 Å². The molecule has 0 bridgehead atoms. The van der Waals surface area contributed by atoms with Crippen LogP contribution in [-0.2, 0) is 14.8 Å².